The van der Waals surface area contributed by atoms with Crippen molar-refractivity contribution in [2.75, 3.05) is 5.73 Å². The minimum Gasteiger partial charge on any atom is -0.407 e. The summed E-state index contributed by atoms with van der Waals surface area (Å²) >= 11 is 0. The van der Waals surface area contributed by atoms with Gasteiger partial charge in [-0.25, -0.2) is 0 Å². The van der Waals surface area contributed by atoms with E-state index >= 15 is 0 Å². The van der Waals surface area contributed by atoms with Gasteiger partial charge in [0.05, 0.1) is 12.1 Å². The Labute approximate surface area is 153 Å². The maximum atomic E-state index is 12.9. The zero-order valence-corrected chi connectivity index (χ0v) is 14.2. The van der Waals surface area contributed by atoms with Crippen LogP contribution in [0, 0.1) is 0 Å². The first-order valence-electron chi connectivity index (χ1n) is 8.49. The molecule has 1 fully saturated rings. The standard InChI is InChI=1S/C19H17F3N4O/c20-19(21,22)14-3-1-2-13(8-14)11-4-6-12(7-5-11)15-9-16(15)24-10-17-25-26-18(23)27-17/h1-8,15-16,24H,9-10H2,(H2,23,26)/t15-,16+/m1/s1. The molecule has 3 aromatic rings. The number of aromatic nitrogens is 2. The minimum absolute atomic E-state index is 0.0457. The number of halogens is 3. The summed E-state index contributed by atoms with van der Waals surface area (Å²) < 4.78 is 43.7. The number of hydrogen-bond donors (Lipinski definition) is 2. The molecule has 27 heavy (non-hydrogen) atoms. The first-order valence-corrected chi connectivity index (χ1v) is 8.49. The van der Waals surface area contributed by atoms with Crippen LogP contribution in [-0.2, 0) is 12.7 Å². The number of nitrogens with two attached hydrogens (primary N) is 1. The molecule has 0 amide bonds. The molecule has 2 aromatic carbocycles. The van der Waals surface area contributed by atoms with E-state index in [0.29, 0.717) is 30.0 Å². The molecule has 0 unspecified atom stereocenters. The van der Waals surface area contributed by atoms with Gasteiger partial charge in [0.1, 0.15) is 0 Å². The zero-order chi connectivity index (χ0) is 19.0. The Kier molecular flexibility index (Phi) is 4.35. The molecule has 1 aliphatic rings. The molecule has 0 bridgehead atoms. The molecule has 2 atom stereocenters. The minimum atomic E-state index is -4.34. The van der Waals surface area contributed by atoms with Gasteiger partial charge in [-0.3, -0.25) is 0 Å². The van der Waals surface area contributed by atoms with Gasteiger partial charge in [-0.05, 0) is 35.2 Å². The Hall–Kier alpha value is -2.87. The summed E-state index contributed by atoms with van der Waals surface area (Å²) in [6.45, 7) is 0.452. The van der Waals surface area contributed by atoms with E-state index in [0.717, 1.165) is 23.6 Å². The molecule has 0 spiro atoms. The summed E-state index contributed by atoms with van der Waals surface area (Å²) in [6, 6.07) is 13.4. The van der Waals surface area contributed by atoms with Crippen LogP contribution in [0.5, 0.6) is 0 Å². The first-order chi connectivity index (χ1) is 12.9. The van der Waals surface area contributed by atoms with Gasteiger partial charge in [0.15, 0.2) is 0 Å². The SMILES string of the molecule is Nc1nnc(CN[C@H]2C[C@@H]2c2ccc(-c3cccc(C(F)(F)F)c3)cc2)o1. The first kappa shape index (κ1) is 17.5. The third-order valence-corrected chi connectivity index (χ3v) is 4.65. The highest BCUT2D eigenvalue weighted by atomic mass is 19.4. The third kappa shape index (κ3) is 3.95. The van der Waals surface area contributed by atoms with Gasteiger partial charge in [-0.1, -0.05) is 41.5 Å². The van der Waals surface area contributed by atoms with Crippen LogP contribution in [0.3, 0.4) is 0 Å². The molecule has 3 N–H and O–H groups in total. The van der Waals surface area contributed by atoms with Gasteiger partial charge < -0.3 is 15.5 Å². The van der Waals surface area contributed by atoms with E-state index < -0.39 is 11.7 Å². The Morgan fingerprint density at radius 3 is 2.52 bits per heavy atom. The largest absolute Gasteiger partial charge is 0.416 e. The lowest BCUT2D eigenvalue weighted by molar-refractivity contribution is -0.137. The summed E-state index contributed by atoms with van der Waals surface area (Å²) in [7, 11) is 0. The van der Waals surface area contributed by atoms with Crippen molar-refractivity contribution in [3.8, 4) is 11.1 Å². The fraction of sp³-hybridized carbons (Fsp3) is 0.263. The molecule has 1 heterocycles. The number of anilines is 1. The molecular weight excluding hydrogens is 357 g/mol. The highest BCUT2D eigenvalue weighted by molar-refractivity contribution is 5.65. The van der Waals surface area contributed by atoms with Gasteiger partial charge in [0.2, 0.25) is 5.89 Å². The van der Waals surface area contributed by atoms with Gasteiger partial charge in [-0.15, -0.1) is 5.10 Å². The number of hydrogen-bond acceptors (Lipinski definition) is 5. The molecule has 1 aromatic heterocycles. The number of nitrogens with zero attached hydrogens (tertiary/aromatic N) is 2. The Morgan fingerprint density at radius 2 is 1.85 bits per heavy atom. The molecular formula is C19H17F3N4O. The monoisotopic (exact) mass is 374 g/mol. The Bertz CT molecular complexity index is 937. The van der Waals surface area contributed by atoms with Crippen LogP contribution in [0.2, 0.25) is 0 Å². The van der Waals surface area contributed by atoms with Crippen LogP contribution in [0.15, 0.2) is 52.9 Å². The van der Waals surface area contributed by atoms with Crippen molar-refractivity contribution in [3.05, 3.63) is 65.5 Å². The topological polar surface area (TPSA) is 77.0 Å². The molecule has 0 radical (unpaired) electrons. The summed E-state index contributed by atoms with van der Waals surface area (Å²) in [6.07, 6.45) is -3.36. The lowest BCUT2D eigenvalue weighted by Gasteiger charge is -2.09. The maximum Gasteiger partial charge on any atom is 0.416 e. The Balaban J connectivity index is 1.40. The average Bonchev–Trinajstić information content (AvgIpc) is 3.32. The second kappa shape index (κ2) is 6.70. The zero-order valence-electron chi connectivity index (χ0n) is 14.2. The fourth-order valence-electron chi connectivity index (χ4n) is 3.14. The van der Waals surface area contributed by atoms with Crippen LogP contribution in [0.4, 0.5) is 19.2 Å². The van der Waals surface area contributed by atoms with Crippen LogP contribution >= 0.6 is 0 Å². The molecule has 4 rings (SSSR count). The van der Waals surface area contributed by atoms with Crippen molar-refractivity contribution in [3.63, 3.8) is 0 Å². The number of nitrogens with one attached hydrogen (secondary N) is 1. The van der Waals surface area contributed by atoms with Gasteiger partial charge in [0.25, 0.3) is 0 Å². The number of alkyl halides is 3. The van der Waals surface area contributed by atoms with E-state index in [1.807, 2.05) is 24.3 Å². The van der Waals surface area contributed by atoms with E-state index in [9.17, 15) is 13.2 Å². The number of benzene rings is 2. The van der Waals surface area contributed by atoms with Crippen LogP contribution in [0.1, 0.15) is 29.4 Å². The summed E-state index contributed by atoms with van der Waals surface area (Å²) in [5.41, 5.74) is 7.20. The Morgan fingerprint density at radius 1 is 1.07 bits per heavy atom. The summed E-state index contributed by atoms with van der Waals surface area (Å²) in [5, 5.41) is 10.7. The molecule has 5 nitrogen and oxygen atoms in total. The van der Waals surface area contributed by atoms with E-state index in [4.69, 9.17) is 10.2 Å². The number of rotatable bonds is 5. The van der Waals surface area contributed by atoms with Crippen molar-refractivity contribution in [1.82, 2.24) is 15.5 Å². The highest BCUT2D eigenvalue weighted by Gasteiger charge is 2.38. The van der Waals surface area contributed by atoms with Crippen molar-refractivity contribution in [1.29, 1.82) is 0 Å². The van der Waals surface area contributed by atoms with E-state index in [1.165, 1.54) is 12.1 Å². The van der Waals surface area contributed by atoms with Crippen LogP contribution < -0.4 is 11.1 Å². The molecule has 8 heteroatoms. The van der Waals surface area contributed by atoms with Crippen molar-refractivity contribution in [2.24, 2.45) is 0 Å². The fourth-order valence-corrected chi connectivity index (χ4v) is 3.14. The summed E-state index contributed by atoms with van der Waals surface area (Å²) in [5.74, 6) is 0.805. The van der Waals surface area contributed by atoms with Crippen molar-refractivity contribution in [2.45, 2.75) is 31.1 Å². The molecule has 1 aliphatic carbocycles. The molecule has 1 saturated carbocycles. The predicted octanol–water partition coefficient (Wildman–Crippen LogP) is 3.98. The third-order valence-electron chi connectivity index (χ3n) is 4.65. The lowest BCUT2D eigenvalue weighted by Crippen LogP contribution is -2.17. The second-order valence-electron chi connectivity index (χ2n) is 6.56. The lowest BCUT2D eigenvalue weighted by atomic mass is 10.0. The molecule has 0 aliphatic heterocycles. The van der Waals surface area contributed by atoms with Gasteiger partial charge in [0, 0.05) is 12.0 Å². The number of nitrogen functional groups attached to an aromatic ring is 1. The second-order valence-corrected chi connectivity index (χ2v) is 6.56. The molecule has 0 saturated heterocycles. The van der Waals surface area contributed by atoms with E-state index in [2.05, 4.69) is 15.5 Å². The van der Waals surface area contributed by atoms with Gasteiger partial charge in [-0.2, -0.15) is 13.2 Å². The van der Waals surface area contributed by atoms with Crippen molar-refractivity contribution >= 4 is 6.01 Å². The van der Waals surface area contributed by atoms with Crippen molar-refractivity contribution < 1.29 is 17.6 Å². The van der Waals surface area contributed by atoms with E-state index in [-0.39, 0.29) is 6.01 Å². The quantitative estimate of drug-likeness (QED) is 0.706. The molecule has 140 valence electrons. The van der Waals surface area contributed by atoms with E-state index in [1.54, 1.807) is 6.07 Å². The van der Waals surface area contributed by atoms with Crippen LogP contribution in [0.25, 0.3) is 11.1 Å². The van der Waals surface area contributed by atoms with Crippen LogP contribution in [-0.4, -0.2) is 16.2 Å². The normalized spacial score (nSPS) is 19.2. The highest BCUT2D eigenvalue weighted by Crippen LogP contribution is 2.41. The smallest absolute Gasteiger partial charge is 0.407 e. The summed E-state index contributed by atoms with van der Waals surface area (Å²) in [4.78, 5) is 0. The van der Waals surface area contributed by atoms with Gasteiger partial charge >= 0.3 is 12.2 Å². The predicted molar refractivity (Wildman–Crippen MR) is 93.6 cm³/mol. The maximum absolute atomic E-state index is 12.9. The average molecular weight is 374 g/mol.